The number of ether oxygens (including phenoxy) is 1. The van der Waals surface area contributed by atoms with E-state index in [4.69, 9.17) is 20.4 Å². The van der Waals surface area contributed by atoms with E-state index in [9.17, 15) is 9.90 Å². The Hall–Kier alpha value is -3.05. The van der Waals surface area contributed by atoms with Crippen molar-refractivity contribution < 1.29 is 14.6 Å². The first kappa shape index (κ1) is 22.2. The second-order valence-electron chi connectivity index (χ2n) is 8.60. The Morgan fingerprint density at radius 2 is 1.97 bits per heavy atom. The van der Waals surface area contributed by atoms with Gasteiger partial charge in [0.15, 0.2) is 0 Å². The summed E-state index contributed by atoms with van der Waals surface area (Å²) in [4.78, 5) is 33.9. The zero-order valence-corrected chi connectivity index (χ0v) is 18.5. The lowest BCUT2D eigenvalue weighted by Crippen LogP contribution is -2.46. The minimum atomic E-state index is -0.671. The van der Waals surface area contributed by atoms with E-state index in [1.807, 2.05) is 19.9 Å². The van der Waals surface area contributed by atoms with E-state index < -0.39 is 5.54 Å². The highest BCUT2D eigenvalue weighted by Crippen LogP contribution is 2.29. The molecule has 0 unspecified atom stereocenters. The number of rotatable bonds is 6. The number of nitrogens with one attached hydrogen (secondary N) is 1. The lowest BCUT2D eigenvalue weighted by Gasteiger charge is -2.31. The lowest BCUT2D eigenvalue weighted by atomic mass is 10.00. The molecule has 2 aromatic heterocycles. The van der Waals surface area contributed by atoms with Gasteiger partial charge in [-0.1, -0.05) is 13.8 Å². The number of aliphatic hydroxyl groups is 1. The van der Waals surface area contributed by atoms with Crippen LogP contribution >= 0.6 is 0 Å². The van der Waals surface area contributed by atoms with Crippen LogP contribution in [0.1, 0.15) is 20.3 Å². The smallest absolute Gasteiger partial charge is 0.228 e. The quantitative estimate of drug-likeness (QED) is 0.575. The van der Waals surface area contributed by atoms with Gasteiger partial charge in [0.1, 0.15) is 5.82 Å². The standard InChI is InChI=1S/C21H30N8O3/c1-14(2)18(31)29-4-3-21(12-29,13-30)27-17-9-16(15-10-23-19(22)24-11-15)25-20(26-17)28-5-7-32-8-6-28/h9-11,14,30H,3-8,12-13H2,1-2H3,(H2,22,23,24)(H,25,26,27)/t21-/m0/s1. The first-order valence-electron chi connectivity index (χ1n) is 10.9. The van der Waals surface area contributed by atoms with Gasteiger partial charge >= 0.3 is 0 Å². The monoisotopic (exact) mass is 442 g/mol. The Bertz CT molecular complexity index is 949. The largest absolute Gasteiger partial charge is 0.394 e. The zero-order chi connectivity index (χ0) is 22.7. The summed E-state index contributed by atoms with van der Waals surface area (Å²) in [6, 6.07) is 1.81. The molecule has 1 amide bonds. The zero-order valence-electron chi connectivity index (χ0n) is 18.5. The highest BCUT2D eigenvalue weighted by atomic mass is 16.5. The molecule has 2 aliphatic rings. The maximum atomic E-state index is 12.5. The molecule has 4 N–H and O–H groups in total. The van der Waals surface area contributed by atoms with Crippen LogP contribution in [-0.4, -0.2) is 87.4 Å². The number of carbonyl (C=O) groups excluding carboxylic acids is 1. The molecule has 4 heterocycles. The summed E-state index contributed by atoms with van der Waals surface area (Å²) in [6.07, 6.45) is 3.87. The van der Waals surface area contributed by atoms with Crippen molar-refractivity contribution in [1.82, 2.24) is 24.8 Å². The molecule has 2 aromatic rings. The van der Waals surface area contributed by atoms with Crippen LogP contribution in [0.4, 0.5) is 17.7 Å². The van der Waals surface area contributed by atoms with Gasteiger partial charge in [-0.25, -0.2) is 15.0 Å². The SMILES string of the molecule is CC(C)C(=O)N1CC[C@](CO)(Nc2cc(-c3cnc(N)nc3)nc(N3CCOCC3)n2)C1. The van der Waals surface area contributed by atoms with Gasteiger partial charge in [0, 0.05) is 56.1 Å². The van der Waals surface area contributed by atoms with E-state index in [1.54, 1.807) is 17.3 Å². The van der Waals surface area contributed by atoms with Gasteiger partial charge < -0.3 is 30.7 Å². The third-order valence-electron chi connectivity index (χ3n) is 5.83. The number of aliphatic hydroxyl groups excluding tert-OH is 1. The maximum Gasteiger partial charge on any atom is 0.228 e. The number of hydrogen-bond donors (Lipinski definition) is 3. The van der Waals surface area contributed by atoms with Crippen LogP contribution in [0.3, 0.4) is 0 Å². The number of carbonyl (C=O) groups is 1. The lowest BCUT2D eigenvalue weighted by molar-refractivity contribution is -0.133. The number of anilines is 3. The Kier molecular flexibility index (Phi) is 6.38. The molecular formula is C21H30N8O3. The molecule has 0 aliphatic carbocycles. The summed E-state index contributed by atoms with van der Waals surface area (Å²) in [5.41, 5.74) is 6.32. The van der Waals surface area contributed by atoms with Crippen molar-refractivity contribution in [3.63, 3.8) is 0 Å². The summed E-state index contributed by atoms with van der Waals surface area (Å²) < 4.78 is 5.46. The Morgan fingerprint density at radius 3 is 2.62 bits per heavy atom. The highest BCUT2D eigenvalue weighted by Gasteiger charge is 2.40. The minimum Gasteiger partial charge on any atom is -0.394 e. The van der Waals surface area contributed by atoms with Crippen molar-refractivity contribution in [3.8, 4) is 11.3 Å². The predicted molar refractivity (Wildman–Crippen MR) is 120 cm³/mol. The van der Waals surface area contributed by atoms with E-state index in [-0.39, 0.29) is 24.4 Å². The average Bonchev–Trinajstić information content (AvgIpc) is 3.23. The number of amides is 1. The van der Waals surface area contributed by atoms with Crippen molar-refractivity contribution in [2.75, 3.05) is 62.0 Å². The maximum absolute atomic E-state index is 12.5. The first-order chi connectivity index (χ1) is 15.4. The molecule has 0 saturated carbocycles. The predicted octanol–water partition coefficient (Wildman–Crippen LogP) is 0.384. The number of nitrogens with two attached hydrogens (primary N) is 1. The Morgan fingerprint density at radius 1 is 1.25 bits per heavy atom. The fraction of sp³-hybridized carbons (Fsp3) is 0.571. The Labute approximate surface area is 187 Å². The third kappa shape index (κ3) is 4.73. The van der Waals surface area contributed by atoms with Crippen molar-refractivity contribution >= 4 is 23.6 Å². The van der Waals surface area contributed by atoms with Gasteiger partial charge in [0.25, 0.3) is 0 Å². The summed E-state index contributed by atoms with van der Waals surface area (Å²) in [7, 11) is 0. The second-order valence-corrected chi connectivity index (χ2v) is 8.60. The van der Waals surface area contributed by atoms with Crippen LogP contribution in [-0.2, 0) is 9.53 Å². The number of nitrogen functional groups attached to an aromatic ring is 1. The van der Waals surface area contributed by atoms with Crippen molar-refractivity contribution in [2.45, 2.75) is 25.8 Å². The summed E-state index contributed by atoms with van der Waals surface area (Å²) in [6.45, 7) is 7.23. The van der Waals surface area contributed by atoms with E-state index >= 15 is 0 Å². The molecule has 32 heavy (non-hydrogen) atoms. The van der Waals surface area contributed by atoms with Crippen LogP contribution in [0.5, 0.6) is 0 Å². The molecule has 2 fully saturated rings. The summed E-state index contributed by atoms with van der Waals surface area (Å²) in [5.74, 6) is 1.31. The third-order valence-corrected chi connectivity index (χ3v) is 5.83. The fourth-order valence-electron chi connectivity index (χ4n) is 3.99. The molecule has 172 valence electrons. The average molecular weight is 443 g/mol. The molecule has 0 radical (unpaired) electrons. The van der Waals surface area contributed by atoms with Gasteiger partial charge in [0.05, 0.1) is 31.1 Å². The van der Waals surface area contributed by atoms with Crippen LogP contribution in [0.25, 0.3) is 11.3 Å². The van der Waals surface area contributed by atoms with Gasteiger partial charge in [-0.05, 0) is 6.42 Å². The number of aromatic nitrogens is 4. The van der Waals surface area contributed by atoms with E-state index in [0.717, 1.165) is 0 Å². The van der Waals surface area contributed by atoms with Crippen LogP contribution in [0.2, 0.25) is 0 Å². The molecule has 11 heteroatoms. The van der Waals surface area contributed by atoms with Gasteiger partial charge in [0.2, 0.25) is 17.8 Å². The molecular weight excluding hydrogens is 412 g/mol. The molecule has 11 nitrogen and oxygen atoms in total. The fourth-order valence-corrected chi connectivity index (χ4v) is 3.99. The van der Waals surface area contributed by atoms with E-state index in [2.05, 4.69) is 20.2 Å². The van der Waals surface area contributed by atoms with Crippen molar-refractivity contribution in [3.05, 3.63) is 18.5 Å². The van der Waals surface area contributed by atoms with Crippen molar-refractivity contribution in [1.29, 1.82) is 0 Å². The van der Waals surface area contributed by atoms with Crippen LogP contribution in [0.15, 0.2) is 18.5 Å². The molecule has 2 aliphatic heterocycles. The van der Waals surface area contributed by atoms with Gasteiger partial charge in [-0.2, -0.15) is 4.98 Å². The molecule has 1 atom stereocenters. The van der Waals surface area contributed by atoms with Crippen molar-refractivity contribution in [2.24, 2.45) is 5.92 Å². The van der Waals surface area contributed by atoms with E-state index in [1.165, 1.54) is 0 Å². The number of morpholine rings is 1. The number of hydrogen-bond acceptors (Lipinski definition) is 10. The topological polar surface area (TPSA) is 143 Å². The van der Waals surface area contributed by atoms with Crippen LogP contribution < -0.4 is 16.0 Å². The molecule has 2 saturated heterocycles. The van der Waals surface area contributed by atoms with Gasteiger partial charge in [-0.3, -0.25) is 4.79 Å². The molecule has 0 spiro atoms. The summed E-state index contributed by atoms with van der Waals surface area (Å²) in [5, 5.41) is 13.7. The summed E-state index contributed by atoms with van der Waals surface area (Å²) >= 11 is 0. The van der Waals surface area contributed by atoms with E-state index in [0.29, 0.717) is 68.8 Å². The molecule has 4 rings (SSSR count). The minimum absolute atomic E-state index is 0.0820. The Balaban J connectivity index is 1.65. The second kappa shape index (κ2) is 9.21. The van der Waals surface area contributed by atoms with Gasteiger partial charge in [-0.15, -0.1) is 0 Å². The number of likely N-dealkylation sites (tertiary alicyclic amines) is 1. The first-order valence-corrected chi connectivity index (χ1v) is 10.9. The molecule has 0 bridgehead atoms. The number of nitrogens with zero attached hydrogens (tertiary/aromatic N) is 6. The van der Waals surface area contributed by atoms with Crippen LogP contribution in [0, 0.1) is 5.92 Å². The normalized spacial score (nSPS) is 21.2. The molecule has 0 aromatic carbocycles. The highest BCUT2D eigenvalue weighted by molar-refractivity contribution is 5.78.